The van der Waals surface area contributed by atoms with Crippen molar-refractivity contribution in [2.75, 3.05) is 23.4 Å². The van der Waals surface area contributed by atoms with E-state index < -0.39 is 0 Å². The summed E-state index contributed by atoms with van der Waals surface area (Å²) >= 11 is 1.56. The number of rotatable bonds is 7. The predicted molar refractivity (Wildman–Crippen MR) is 87.5 cm³/mol. The molecule has 0 saturated carbocycles. The van der Waals surface area contributed by atoms with Crippen molar-refractivity contribution in [3.63, 3.8) is 0 Å². The van der Waals surface area contributed by atoms with E-state index in [0.717, 1.165) is 17.0 Å². The van der Waals surface area contributed by atoms with Gasteiger partial charge in [-0.15, -0.1) is 0 Å². The Morgan fingerprint density at radius 1 is 1.35 bits per heavy atom. The minimum Gasteiger partial charge on any atom is -0.396 e. The van der Waals surface area contributed by atoms with E-state index in [1.165, 1.54) is 5.56 Å². The zero-order chi connectivity index (χ0) is 15.1. The van der Waals surface area contributed by atoms with Crippen LogP contribution in [0.1, 0.15) is 37.8 Å². The molecule has 4 heteroatoms. The fourth-order valence-corrected chi connectivity index (χ4v) is 2.81. The Labute approximate surface area is 126 Å². The van der Waals surface area contributed by atoms with Crippen molar-refractivity contribution in [2.45, 2.75) is 33.6 Å². The Hall–Kier alpha value is -1.000. The van der Waals surface area contributed by atoms with Gasteiger partial charge in [-0.25, -0.2) is 0 Å². The first-order chi connectivity index (χ1) is 9.45. The minimum absolute atomic E-state index is 0.0244. The van der Waals surface area contributed by atoms with Gasteiger partial charge < -0.3 is 10.4 Å². The smallest absolute Gasteiger partial charge is 0.234 e. The minimum atomic E-state index is 0.0244. The highest BCUT2D eigenvalue weighted by Gasteiger charge is 2.12. The fraction of sp³-hybridized carbons (Fsp3) is 0.562. The van der Waals surface area contributed by atoms with Gasteiger partial charge in [0.2, 0.25) is 5.91 Å². The number of aryl methyl sites for hydroxylation is 1. The summed E-state index contributed by atoms with van der Waals surface area (Å²) in [5.41, 5.74) is 3.22. The lowest BCUT2D eigenvalue weighted by Gasteiger charge is -2.16. The number of para-hydroxylation sites is 1. The van der Waals surface area contributed by atoms with E-state index in [0.29, 0.717) is 11.7 Å². The molecule has 20 heavy (non-hydrogen) atoms. The molecule has 0 radical (unpaired) electrons. The van der Waals surface area contributed by atoms with Gasteiger partial charge in [0.1, 0.15) is 0 Å². The second-order valence-corrected chi connectivity index (χ2v) is 6.58. The number of benzene rings is 1. The van der Waals surface area contributed by atoms with Crippen molar-refractivity contribution in [1.29, 1.82) is 0 Å². The Balaban J connectivity index is 2.62. The fourth-order valence-electron chi connectivity index (χ4n) is 1.92. The molecule has 0 heterocycles. The molecule has 1 rings (SSSR count). The predicted octanol–water partition coefficient (Wildman–Crippen LogP) is 3.42. The van der Waals surface area contributed by atoms with Crippen molar-refractivity contribution in [1.82, 2.24) is 0 Å². The van der Waals surface area contributed by atoms with E-state index in [1.807, 2.05) is 26.0 Å². The summed E-state index contributed by atoms with van der Waals surface area (Å²) in [4.78, 5) is 12.0. The number of nitrogens with one attached hydrogen (secondary N) is 1. The number of thioether (sulfide) groups is 1. The summed E-state index contributed by atoms with van der Waals surface area (Å²) in [6.45, 7) is 8.42. The van der Waals surface area contributed by atoms with Gasteiger partial charge in [0.15, 0.2) is 0 Å². The molecule has 0 bridgehead atoms. The molecule has 0 aliphatic heterocycles. The Kier molecular flexibility index (Phi) is 7.10. The molecule has 1 amide bonds. The molecule has 1 unspecified atom stereocenters. The number of aliphatic hydroxyl groups is 1. The maximum atomic E-state index is 12.0. The molecule has 0 aliphatic rings. The number of carbonyl (C=O) groups excluding carboxylic acids is 1. The van der Waals surface area contributed by atoms with Gasteiger partial charge in [0.05, 0.1) is 5.75 Å². The monoisotopic (exact) mass is 295 g/mol. The summed E-state index contributed by atoms with van der Waals surface area (Å²) in [6, 6.07) is 6.11. The van der Waals surface area contributed by atoms with Gasteiger partial charge in [0.25, 0.3) is 0 Å². The summed E-state index contributed by atoms with van der Waals surface area (Å²) in [7, 11) is 0. The first-order valence-corrected chi connectivity index (χ1v) is 8.19. The van der Waals surface area contributed by atoms with Crippen molar-refractivity contribution < 1.29 is 9.90 Å². The maximum Gasteiger partial charge on any atom is 0.234 e. The number of amides is 1. The van der Waals surface area contributed by atoms with Crippen molar-refractivity contribution in [3.05, 3.63) is 29.3 Å². The lowest BCUT2D eigenvalue weighted by atomic mass is 9.98. The van der Waals surface area contributed by atoms with Crippen molar-refractivity contribution in [3.8, 4) is 0 Å². The summed E-state index contributed by atoms with van der Waals surface area (Å²) in [5.74, 6) is 1.87. The Morgan fingerprint density at radius 3 is 2.65 bits per heavy atom. The average Bonchev–Trinajstić information content (AvgIpc) is 2.40. The maximum absolute atomic E-state index is 12.0. The van der Waals surface area contributed by atoms with E-state index in [9.17, 15) is 4.79 Å². The number of carbonyl (C=O) groups is 1. The van der Waals surface area contributed by atoms with E-state index >= 15 is 0 Å². The van der Waals surface area contributed by atoms with E-state index in [-0.39, 0.29) is 18.4 Å². The quantitative estimate of drug-likeness (QED) is 0.810. The summed E-state index contributed by atoms with van der Waals surface area (Å²) in [6.07, 6.45) is 0. The number of anilines is 1. The third-order valence-electron chi connectivity index (χ3n) is 3.14. The molecular formula is C16H25NO2S. The molecule has 3 nitrogen and oxygen atoms in total. The molecule has 0 aliphatic carbocycles. The highest BCUT2D eigenvalue weighted by Crippen LogP contribution is 2.27. The van der Waals surface area contributed by atoms with Crippen LogP contribution in [0.25, 0.3) is 0 Å². The van der Waals surface area contributed by atoms with E-state index in [2.05, 4.69) is 25.2 Å². The van der Waals surface area contributed by atoms with Gasteiger partial charge in [-0.05, 0) is 35.6 Å². The van der Waals surface area contributed by atoms with Crippen molar-refractivity contribution >= 4 is 23.4 Å². The number of hydrogen-bond donors (Lipinski definition) is 2. The lowest BCUT2D eigenvalue weighted by Crippen LogP contribution is -2.17. The molecule has 0 fully saturated rings. The lowest BCUT2D eigenvalue weighted by molar-refractivity contribution is -0.113. The van der Waals surface area contributed by atoms with Crippen LogP contribution in [0.15, 0.2) is 18.2 Å². The van der Waals surface area contributed by atoms with Gasteiger partial charge in [-0.3, -0.25) is 4.79 Å². The highest BCUT2D eigenvalue weighted by atomic mass is 32.2. The van der Waals surface area contributed by atoms with Crippen LogP contribution in [0, 0.1) is 12.8 Å². The van der Waals surface area contributed by atoms with Crippen molar-refractivity contribution in [2.24, 2.45) is 5.92 Å². The third kappa shape index (κ3) is 5.17. The summed E-state index contributed by atoms with van der Waals surface area (Å²) < 4.78 is 0. The van der Waals surface area contributed by atoms with Crippen LogP contribution in [-0.4, -0.2) is 29.1 Å². The molecule has 1 atom stereocenters. The van der Waals surface area contributed by atoms with Crippen LogP contribution in [0.2, 0.25) is 0 Å². The second-order valence-electron chi connectivity index (χ2n) is 5.54. The largest absolute Gasteiger partial charge is 0.396 e. The van der Waals surface area contributed by atoms with Crippen LogP contribution in [0.4, 0.5) is 5.69 Å². The highest BCUT2D eigenvalue weighted by molar-refractivity contribution is 7.99. The Bertz CT molecular complexity index is 446. The van der Waals surface area contributed by atoms with E-state index in [4.69, 9.17) is 5.11 Å². The Morgan fingerprint density at radius 2 is 2.05 bits per heavy atom. The molecule has 0 spiro atoms. The van der Waals surface area contributed by atoms with Crippen LogP contribution in [0.5, 0.6) is 0 Å². The molecule has 0 saturated heterocycles. The van der Waals surface area contributed by atoms with Crippen LogP contribution >= 0.6 is 11.8 Å². The third-order valence-corrected chi connectivity index (χ3v) is 4.41. The average molecular weight is 295 g/mol. The van der Waals surface area contributed by atoms with Gasteiger partial charge >= 0.3 is 0 Å². The van der Waals surface area contributed by atoms with E-state index in [1.54, 1.807) is 11.8 Å². The van der Waals surface area contributed by atoms with Crippen LogP contribution in [-0.2, 0) is 4.79 Å². The van der Waals surface area contributed by atoms with Gasteiger partial charge in [-0.1, -0.05) is 39.0 Å². The molecule has 1 aromatic carbocycles. The zero-order valence-electron chi connectivity index (χ0n) is 12.8. The first-order valence-electron chi connectivity index (χ1n) is 7.03. The second kappa shape index (κ2) is 8.32. The first kappa shape index (κ1) is 17.1. The molecule has 0 aromatic heterocycles. The topological polar surface area (TPSA) is 49.3 Å². The molecule has 2 N–H and O–H groups in total. The van der Waals surface area contributed by atoms with Crippen LogP contribution < -0.4 is 5.32 Å². The number of aliphatic hydroxyl groups excluding tert-OH is 1. The molecular weight excluding hydrogens is 270 g/mol. The standard InChI is InChI=1S/C16H25NO2S/c1-11(2)14-7-5-6-13(4)16(14)17-15(19)10-20-9-12(3)8-18/h5-7,11-12,18H,8-10H2,1-4H3,(H,17,19). The molecule has 112 valence electrons. The van der Waals surface area contributed by atoms with Gasteiger partial charge in [-0.2, -0.15) is 11.8 Å². The number of hydrogen-bond acceptors (Lipinski definition) is 3. The summed E-state index contributed by atoms with van der Waals surface area (Å²) in [5, 5.41) is 12.0. The normalized spacial score (nSPS) is 12.5. The zero-order valence-corrected chi connectivity index (χ0v) is 13.6. The molecule has 1 aromatic rings. The SMILES string of the molecule is Cc1cccc(C(C)C)c1NC(=O)CSCC(C)CO. The van der Waals surface area contributed by atoms with Gasteiger partial charge in [0, 0.05) is 12.3 Å². The van der Waals surface area contributed by atoms with Crippen LogP contribution in [0.3, 0.4) is 0 Å².